The molecule has 3 rings (SSSR count). The summed E-state index contributed by atoms with van der Waals surface area (Å²) in [4.78, 5) is 36.4. The van der Waals surface area contributed by atoms with E-state index >= 15 is 0 Å². The third-order valence-corrected chi connectivity index (χ3v) is 5.68. The van der Waals surface area contributed by atoms with Gasteiger partial charge >= 0.3 is 5.97 Å². The van der Waals surface area contributed by atoms with Crippen LogP contribution in [0.25, 0.3) is 0 Å². The Morgan fingerprint density at radius 3 is 2.68 bits per heavy atom. The fourth-order valence-electron chi connectivity index (χ4n) is 2.30. The summed E-state index contributed by atoms with van der Waals surface area (Å²) in [6.45, 7) is 0. The first kappa shape index (κ1) is 15.0. The summed E-state index contributed by atoms with van der Waals surface area (Å²) < 4.78 is 0. The normalized spacial score (nSPS) is 23.2. The average molecular weight is 336 g/mol. The number of nitrogens with one attached hydrogen (secondary N) is 1. The number of aliphatic carboxylic acids is 1. The molecule has 6 nitrogen and oxygen atoms in total. The van der Waals surface area contributed by atoms with Gasteiger partial charge in [-0.1, -0.05) is 51.9 Å². The molecule has 2 aliphatic heterocycles. The number of benzene rings is 1. The summed E-state index contributed by atoms with van der Waals surface area (Å²) in [5.74, 6) is -1.77. The zero-order valence-electron chi connectivity index (χ0n) is 11.3. The van der Waals surface area contributed by atoms with E-state index in [1.54, 1.807) is 0 Å². The maximum atomic E-state index is 12.1. The number of amides is 2. The number of hydrogen-bond acceptors (Lipinski definition) is 5. The molecule has 2 heterocycles. The maximum Gasteiger partial charge on any atom is 0.353 e. The smallest absolute Gasteiger partial charge is 0.353 e. The van der Waals surface area contributed by atoms with Gasteiger partial charge in [-0.05, 0) is 5.56 Å². The van der Waals surface area contributed by atoms with Crippen LogP contribution in [0.15, 0.2) is 41.4 Å². The molecule has 2 aliphatic rings. The number of carboxylic acids is 1. The summed E-state index contributed by atoms with van der Waals surface area (Å²) in [5, 5.41) is 12.8. The van der Waals surface area contributed by atoms with Crippen molar-refractivity contribution in [1.82, 2.24) is 10.2 Å². The molecule has 1 aromatic rings. The lowest BCUT2D eigenvalue weighted by molar-refractivity contribution is -0.150. The van der Waals surface area contributed by atoms with Gasteiger partial charge in [-0.25, -0.2) is 4.79 Å². The molecule has 0 aromatic heterocycles. The molecule has 1 fully saturated rings. The van der Waals surface area contributed by atoms with Crippen molar-refractivity contribution in [2.75, 3.05) is 0 Å². The van der Waals surface area contributed by atoms with Gasteiger partial charge in [0.05, 0.1) is 6.42 Å². The van der Waals surface area contributed by atoms with Crippen LogP contribution >= 0.6 is 21.6 Å². The Balaban J connectivity index is 1.63. The fraction of sp³-hybridized carbons (Fsp3) is 0.214. The Hall–Kier alpha value is -1.93. The van der Waals surface area contributed by atoms with Crippen LogP contribution in [-0.4, -0.2) is 39.2 Å². The molecule has 0 spiro atoms. The summed E-state index contributed by atoms with van der Waals surface area (Å²) in [5.41, 5.74) is 0.827. The summed E-state index contributed by atoms with van der Waals surface area (Å²) in [7, 11) is 2.62. The largest absolute Gasteiger partial charge is 0.477 e. The van der Waals surface area contributed by atoms with Crippen LogP contribution in [-0.2, 0) is 20.8 Å². The van der Waals surface area contributed by atoms with E-state index in [0.29, 0.717) is 0 Å². The molecule has 2 amide bonds. The Bertz CT molecular complexity index is 662. The van der Waals surface area contributed by atoms with Gasteiger partial charge in [0, 0.05) is 5.41 Å². The van der Waals surface area contributed by atoms with E-state index in [0.717, 1.165) is 5.56 Å². The molecule has 1 aromatic carbocycles. The van der Waals surface area contributed by atoms with Gasteiger partial charge in [-0.2, -0.15) is 0 Å². The first-order valence-electron chi connectivity index (χ1n) is 6.50. The molecule has 8 heteroatoms. The second-order valence-corrected chi connectivity index (χ2v) is 7.07. The molecule has 2 N–H and O–H groups in total. The van der Waals surface area contributed by atoms with Crippen LogP contribution < -0.4 is 5.32 Å². The molecule has 0 aliphatic carbocycles. The second kappa shape index (κ2) is 6.05. The minimum Gasteiger partial charge on any atom is -0.477 e. The van der Waals surface area contributed by atoms with E-state index in [4.69, 9.17) is 5.11 Å². The zero-order valence-corrected chi connectivity index (χ0v) is 12.9. The standard InChI is InChI=1S/C14H12N2O4S2/c17-10(6-8-4-2-1-3-5-8)15-11-12(18)16-9(14(19)20)7-21-22-13(11)16/h1-5,7,11,13H,6H2,(H,15,17)(H,19,20)/t11?,13-/m1/s1. The number of β-lactam (4-membered cyclic amide) rings is 1. The van der Waals surface area contributed by atoms with Gasteiger partial charge in [-0.3, -0.25) is 14.5 Å². The van der Waals surface area contributed by atoms with Crippen molar-refractivity contribution in [3.63, 3.8) is 0 Å². The van der Waals surface area contributed by atoms with Crippen LogP contribution in [0.2, 0.25) is 0 Å². The van der Waals surface area contributed by atoms with Crippen molar-refractivity contribution in [2.45, 2.75) is 17.8 Å². The lowest BCUT2D eigenvalue weighted by Gasteiger charge is -2.47. The van der Waals surface area contributed by atoms with Gasteiger partial charge in [0.2, 0.25) is 5.91 Å². The minimum atomic E-state index is -1.14. The molecule has 114 valence electrons. The molecule has 1 unspecified atom stereocenters. The van der Waals surface area contributed by atoms with Crippen molar-refractivity contribution in [1.29, 1.82) is 0 Å². The molecular weight excluding hydrogens is 324 g/mol. The second-order valence-electron chi connectivity index (χ2n) is 4.81. The molecule has 22 heavy (non-hydrogen) atoms. The summed E-state index contributed by atoms with van der Waals surface area (Å²) in [6.07, 6.45) is 0.191. The highest BCUT2D eigenvalue weighted by Gasteiger charge is 2.53. The predicted molar refractivity (Wildman–Crippen MR) is 83.6 cm³/mol. The number of nitrogens with zero attached hydrogens (tertiary/aromatic N) is 1. The Morgan fingerprint density at radius 2 is 2.00 bits per heavy atom. The van der Waals surface area contributed by atoms with Gasteiger partial charge in [0.25, 0.3) is 5.91 Å². The SMILES string of the molecule is O=C(Cc1ccccc1)NC1C(=O)N2C(C(=O)O)=CSS[C@H]12. The summed E-state index contributed by atoms with van der Waals surface area (Å²) >= 11 is 0. The van der Waals surface area contributed by atoms with Gasteiger partial charge in [-0.15, -0.1) is 0 Å². The van der Waals surface area contributed by atoms with Crippen LogP contribution in [0.3, 0.4) is 0 Å². The average Bonchev–Trinajstić information content (AvgIpc) is 2.52. The molecular formula is C14H12N2O4S2. The fourth-order valence-corrected chi connectivity index (χ4v) is 4.74. The molecule has 1 saturated heterocycles. The van der Waals surface area contributed by atoms with Crippen LogP contribution in [0.1, 0.15) is 5.56 Å². The van der Waals surface area contributed by atoms with E-state index in [9.17, 15) is 14.4 Å². The van der Waals surface area contributed by atoms with Gasteiger partial charge < -0.3 is 10.4 Å². The van der Waals surface area contributed by atoms with E-state index < -0.39 is 12.0 Å². The van der Waals surface area contributed by atoms with Crippen molar-refractivity contribution >= 4 is 39.4 Å². The van der Waals surface area contributed by atoms with Crippen molar-refractivity contribution in [2.24, 2.45) is 0 Å². The lowest BCUT2D eigenvalue weighted by atomic mass is 10.0. The van der Waals surface area contributed by atoms with E-state index in [2.05, 4.69) is 5.32 Å². The van der Waals surface area contributed by atoms with Crippen molar-refractivity contribution in [3.8, 4) is 0 Å². The first-order valence-corrected chi connectivity index (χ1v) is 8.77. The Kier molecular flexibility index (Phi) is 4.12. The van der Waals surface area contributed by atoms with Crippen molar-refractivity contribution < 1.29 is 19.5 Å². The number of hydrogen-bond donors (Lipinski definition) is 2. The predicted octanol–water partition coefficient (Wildman–Crippen LogP) is 1.20. The van der Waals surface area contributed by atoms with Gasteiger partial charge in [0.1, 0.15) is 17.1 Å². The van der Waals surface area contributed by atoms with E-state index in [1.807, 2.05) is 30.3 Å². The Morgan fingerprint density at radius 1 is 1.27 bits per heavy atom. The third-order valence-electron chi connectivity index (χ3n) is 3.36. The number of carbonyl (C=O) groups is 3. The highest BCUT2D eigenvalue weighted by Crippen LogP contribution is 2.45. The number of carboxylic acid groups (broad SMARTS) is 1. The van der Waals surface area contributed by atoms with E-state index in [-0.39, 0.29) is 29.3 Å². The van der Waals surface area contributed by atoms with Gasteiger partial charge in [0.15, 0.2) is 0 Å². The van der Waals surface area contributed by atoms with Crippen LogP contribution in [0.4, 0.5) is 0 Å². The van der Waals surface area contributed by atoms with Crippen LogP contribution in [0, 0.1) is 0 Å². The first-order chi connectivity index (χ1) is 10.6. The molecule has 0 saturated carbocycles. The highest BCUT2D eigenvalue weighted by molar-refractivity contribution is 8.78. The third kappa shape index (κ3) is 2.71. The maximum absolute atomic E-state index is 12.1. The number of fused-ring (bicyclic) bond motifs is 1. The minimum absolute atomic E-state index is 0.0349. The number of rotatable bonds is 4. The lowest BCUT2D eigenvalue weighted by Crippen LogP contribution is -2.69. The Labute approximate surface area is 134 Å². The molecule has 0 radical (unpaired) electrons. The highest BCUT2D eigenvalue weighted by atomic mass is 33.1. The number of carbonyl (C=O) groups excluding carboxylic acids is 2. The monoisotopic (exact) mass is 336 g/mol. The van der Waals surface area contributed by atoms with E-state index in [1.165, 1.54) is 31.9 Å². The summed E-state index contributed by atoms with van der Waals surface area (Å²) in [6, 6.07) is 8.56. The quantitative estimate of drug-likeness (QED) is 0.635. The zero-order chi connectivity index (χ0) is 15.7. The van der Waals surface area contributed by atoms with Crippen LogP contribution in [0.5, 0.6) is 0 Å². The van der Waals surface area contributed by atoms with Crippen molar-refractivity contribution in [3.05, 3.63) is 47.0 Å². The topological polar surface area (TPSA) is 86.7 Å². The molecule has 0 bridgehead atoms. The molecule has 2 atom stereocenters.